The molecule has 1 aromatic carbocycles. The van der Waals surface area contributed by atoms with Gasteiger partial charge in [0.15, 0.2) is 10.9 Å². The van der Waals surface area contributed by atoms with Gasteiger partial charge in [-0.3, -0.25) is 10.1 Å². The zero-order valence-corrected chi connectivity index (χ0v) is 16.2. The number of anilines is 1. The summed E-state index contributed by atoms with van der Waals surface area (Å²) in [7, 11) is 1.32. The average Bonchev–Trinajstić information content (AvgIpc) is 3.32. The molecule has 0 aliphatic heterocycles. The van der Waals surface area contributed by atoms with Crippen LogP contribution in [0.4, 0.5) is 5.00 Å². The van der Waals surface area contributed by atoms with Gasteiger partial charge in [0, 0.05) is 10.9 Å². The van der Waals surface area contributed by atoms with Crippen molar-refractivity contribution in [1.29, 1.82) is 0 Å². The van der Waals surface area contributed by atoms with E-state index in [1.807, 2.05) is 36.6 Å². The van der Waals surface area contributed by atoms with E-state index in [1.165, 1.54) is 30.8 Å². The molecule has 27 heavy (non-hydrogen) atoms. The standard InChI is InChI=1S/C19H16N2O4S2/c1-11-5-7-12(8-6-11)13-10-27-17(15(13)18(23)24-2)21-19(26)20-16(22)14-4-3-9-25-14/h3-10H,1-2H3,(H2,20,21,22,26). The molecule has 0 saturated heterocycles. The highest BCUT2D eigenvalue weighted by atomic mass is 32.1. The van der Waals surface area contributed by atoms with Gasteiger partial charge >= 0.3 is 5.97 Å². The number of esters is 1. The highest BCUT2D eigenvalue weighted by Gasteiger charge is 2.22. The molecule has 1 amide bonds. The molecule has 2 heterocycles. The number of thiocarbonyl (C=S) groups is 1. The summed E-state index contributed by atoms with van der Waals surface area (Å²) in [6.45, 7) is 1.99. The molecule has 0 unspecified atom stereocenters. The summed E-state index contributed by atoms with van der Waals surface area (Å²) in [6, 6.07) is 10.9. The number of aryl methyl sites for hydroxylation is 1. The minimum absolute atomic E-state index is 0.0545. The first-order valence-corrected chi connectivity index (χ1v) is 9.21. The molecule has 0 saturated carbocycles. The molecular weight excluding hydrogens is 384 g/mol. The molecule has 6 nitrogen and oxygen atoms in total. The Balaban J connectivity index is 1.84. The van der Waals surface area contributed by atoms with Crippen molar-refractivity contribution >= 4 is 45.5 Å². The number of ether oxygens (including phenoxy) is 1. The summed E-state index contributed by atoms with van der Waals surface area (Å²) in [5, 5.41) is 7.80. The van der Waals surface area contributed by atoms with Gasteiger partial charge < -0.3 is 14.5 Å². The van der Waals surface area contributed by atoms with E-state index in [-0.39, 0.29) is 10.9 Å². The van der Waals surface area contributed by atoms with E-state index in [0.29, 0.717) is 10.6 Å². The number of rotatable bonds is 4. The van der Waals surface area contributed by atoms with Crippen LogP contribution in [0.2, 0.25) is 0 Å². The summed E-state index contributed by atoms with van der Waals surface area (Å²) < 4.78 is 9.95. The number of furan rings is 1. The summed E-state index contributed by atoms with van der Waals surface area (Å²) in [4.78, 5) is 24.4. The second kappa shape index (κ2) is 8.15. The number of benzene rings is 1. The molecular formula is C19H16N2O4S2. The second-order valence-corrected chi connectivity index (χ2v) is 6.88. The maximum atomic E-state index is 12.3. The SMILES string of the molecule is COC(=O)c1c(-c2ccc(C)cc2)csc1NC(=S)NC(=O)c1ccco1. The Morgan fingerprint density at radius 3 is 2.56 bits per heavy atom. The van der Waals surface area contributed by atoms with Gasteiger partial charge in [0.1, 0.15) is 10.6 Å². The van der Waals surface area contributed by atoms with Crippen LogP contribution in [-0.2, 0) is 4.74 Å². The average molecular weight is 400 g/mol. The van der Waals surface area contributed by atoms with Crippen molar-refractivity contribution < 1.29 is 18.7 Å². The summed E-state index contributed by atoms with van der Waals surface area (Å²) >= 11 is 6.48. The first kappa shape index (κ1) is 18.8. The zero-order chi connectivity index (χ0) is 19.4. The summed E-state index contributed by atoms with van der Waals surface area (Å²) in [5.74, 6) is -0.833. The molecule has 8 heteroatoms. The highest BCUT2D eigenvalue weighted by molar-refractivity contribution is 7.80. The van der Waals surface area contributed by atoms with Crippen LogP contribution >= 0.6 is 23.6 Å². The van der Waals surface area contributed by atoms with Crippen molar-refractivity contribution in [3.05, 3.63) is 64.9 Å². The van der Waals surface area contributed by atoms with E-state index in [9.17, 15) is 9.59 Å². The monoisotopic (exact) mass is 400 g/mol. The topological polar surface area (TPSA) is 80.6 Å². The van der Waals surface area contributed by atoms with Gasteiger partial charge in [-0.15, -0.1) is 11.3 Å². The molecule has 2 aromatic heterocycles. The van der Waals surface area contributed by atoms with Gasteiger partial charge in [0.25, 0.3) is 5.91 Å². The van der Waals surface area contributed by atoms with Gasteiger partial charge in [0.2, 0.25) is 0 Å². The molecule has 0 spiro atoms. The molecule has 138 valence electrons. The summed E-state index contributed by atoms with van der Waals surface area (Å²) in [6.07, 6.45) is 1.40. The molecule has 0 bridgehead atoms. The number of carbonyl (C=O) groups excluding carboxylic acids is 2. The van der Waals surface area contributed by atoms with Crippen LogP contribution in [0.25, 0.3) is 11.1 Å². The van der Waals surface area contributed by atoms with Crippen molar-refractivity contribution in [3.63, 3.8) is 0 Å². The summed E-state index contributed by atoms with van der Waals surface area (Å²) in [5.41, 5.74) is 3.10. The highest BCUT2D eigenvalue weighted by Crippen LogP contribution is 2.36. The van der Waals surface area contributed by atoms with Crippen LogP contribution in [0, 0.1) is 6.92 Å². The predicted octanol–water partition coefficient (Wildman–Crippen LogP) is 4.23. The van der Waals surface area contributed by atoms with Crippen LogP contribution in [0.15, 0.2) is 52.5 Å². The number of thiophene rings is 1. The van der Waals surface area contributed by atoms with Crippen molar-refractivity contribution in [2.45, 2.75) is 6.92 Å². The fourth-order valence-corrected chi connectivity index (χ4v) is 3.63. The van der Waals surface area contributed by atoms with Crippen molar-refractivity contribution in [1.82, 2.24) is 5.32 Å². The maximum absolute atomic E-state index is 12.3. The largest absolute Gasteiger partial charge is 0.465 e. The van der Waals surface area contributed by atoms with Crippen molar-refractivity contribution in [2.24, 2.45) is 0 Å². The van der Waals surface area contributed by atoms with Crippen LogP contribution in [0.1, 0.15) is 26.5 Å². The Hall–Kier alpha value is -2.97. The number of hydrogen-bond acceptors (Lipinski definition) is 6. The second-order valence-electron chi connectivity index (χ2n) is 5.60. The fourth-order valence-electron chi connectivity index (χ4n) is 2.41. The molecule has 3 aromatic rings. The van der Waals surface area contributed by atoms with Gasteiger partial charge in [-0.05, 0) is 36.8 Å². The van der Waals surface area contributed by atoms with Crippen molar-refractivity contribution in [3.8, 4) is 11.1 Å². The fraction of sp³-hybridized carbons (Fsp3) is 0.105. The quantitative estimate of drug-likeness (QED) is 0.504. The molecule has 3 rings (SSSR count). The van der Waals surface area contributed by atoms with E-state index in [0.717, 1.165) is 16.7 Å². The Morgan fingerprint density at radius 1 is 1.19 bits per heavy atom. The van der Waals surface area contributed by atoms with Crippen molar-refractivity contribution in [2.75, 3.05) is 12.4 Å². The maximum Gasteiger partial charge on any atom is 0.341 e. The van der Waals surface area contributed by atoms with E-state index < -0.39 is 11.9 Å². The van der Waals surface area contributed by atoms with Gasteiger partial charge in [-0.25, -0.2) is 4.79 Å². The van der Waals surface area contributed by atoms with Crippen LogP contribution in [-0.4, -0.2) is 24.1 Å². The molecule has 0 aliphatic rings. The number of hydrogen-bond donors (Lipinski definition) is 2. The lowest BCUT2D eigenvalue weighted by molar-refractivity contribution is 0.0603. The third-order valence-electron chi connectivity index (χ3n) is 3.74. The first-order valence-electron chi connectivity index (χ1n) is 7.92. The first-order chi connectivity index (χ1) is 13.0. The zero-order valence-electron chi connectivity index (χ0n) is 14.6. The van der Waals surface area contributed by atoms with E-state index >= 15 is 0 Å². The van der Waals surface area contributed by atoms with Gasteiger partial charge in [-0.2, -0.15) is 0 Å². The molecule has 2 N–H and O–H groups in total. The lowest BCUT2D eigenvalue weighted by Crippen LogP contribution is -2.34. The third kappa shape index (κ3) is 4.24. The van der Waals surface area contributed by atoms with Crippen LogP contribution in [0.3, 0.4) is 0 Å². The molecule has 0 atom stereocenters. The van der Waals surface area contributed by atoms with E-state index in [4.69, 9.17) is 21.4 Å². The van der Waals surface area contributed by atoms with Gasteiger partial charge in [0.05, 0.1) is 13.4 Å². The lowest BCUT2D eigenvalue weighted by Gasteiger charge is -2.10. The van der Waals surface area contributed by atoms with Crippen LogP contribution in [0.5, 0.6) is 0 Å². The Labute approximate surface area is 165 Å². The predicted molar refractivity (Wildman–Crippen MR) is 108 cm³/mol. The number of nitrogens with one attached hydrogen (secondary N) is 2. The number of carbonyl (C=O) groups is 2. The van der Waals surface area contributed by atoms with Crippen LogP contribution < -0.4 is 10.6 Å². The third-order valence-corrected chi connectivity index (χ3v) is 4.84. The number of methoxy groups -OCH3 is 1. The minimum Gasteiger partial charge on any atom is -0.465 e. The normalized spacial score (nSPS) is 10.3. The minimum atomic E-state index is -0.491. The number of amides is 1. The van der Waals surface area contributed by atoms with Gasteiger partial charge in [-0.1, -0.05) is 29.8 Å². The molecule has 0 aliphatic carbocycles. The Kier molecular flexibility index (Phi) is 5.68. The molecule has 0 fully saturated rings. The smallest absolute Gasteiger partial charge is 0.341 e. The molecule has 0 radical (unpaired) electrons. The Bertz CT molecular complexity index is 976. The van der Waals surface area contributed by atoms with E-state index in [2.05, 4.69) is 10.6 Å². The van der Waals surface area contributed by atoms with E-state index in [1.54, 1.807) is 6.07 Å². The lowest BCUT2D eigenvalue weighted by atomic mass is 10.0. The Morgan fingerprint density at radius 2 is 1.93 bits per heavy atom.